The summed E-state index contributed by atoms with van der Waals surface area (Å²) >= 11 is 0. The third kappa shape index (κ3) is 4.11. The van der Waals surface area contributed by atoms with Crippen LogP contribution in [-0.2, 0) is 0 Å². The predicted molar refractivity (Wildman–Crippen MR) is 229 cm³/mol. The zero-order valence-corrected chi connectivity index (χ0v) is 29.2. The lowest BCUT2D eigenvalue weighted by Gasteiger charge is -2.19. The van der Waals surface area contributed by atoms with Crippen molar-refractivity contribution in [1.29, 1.82) is 0 Å². The normalized spacial score (nSPS) is 12.1. The predicted octanol–water partition coefficient (Wildman–Crippen LogP) is 14.8. The molecule has 2 nitrogen and oxygen atoms in total. The molecule has 1 N–H and O–H groups in total. The molecular weight excluding hydrogens is 655 g/mol. The molecule has 0 atom stereocenters. The summed E-state index contributed by atoms with van der Waals surface area (Å²) in [7, 11) is 0. The number of rotatable bonds is 3. The van der Waals surface area contributed by atoms with Gasteiger partial charge < -0.3 is 9.40 Å². The van der Waals surface area contributed by atoms with E-state index in [0.29, 0.717) is 0 Å². The topological polar surface area (TPSA) is 28.9 Å². The van der Waals surface area contributed by atoms with Crippen molar-refractivity contribution < 1.29 is 4.42 Å². The second-order valence-corrected chi connectivity index (χ2v) is 14.4. The van der Waals surface area contributed by atoms with Crippen molar-refractivity contribution in [2.75, 3.05) is 0 Å². The van der Waals surface area contributed by atoms with Gasteiger partial charge in [-0.05, 0) is 95.2 Å². The Morgan fingerprint density at radius 1 is 0.333 bits per heavy atom. The van der Waals surface area contributed by atoms with E-state index in [4.69, 9.17) is 4.42 Å². The van der Waals surface area contributed by atoms with Gasteiger partial charge in [0.25, 0.3) is 0 Å². The summed E-state index contributed by atoms with van der Waals surface area (Å²) in [6.45, 7) is 0. The zero-order chi connectivity index (χ0) is 35.3. The van der Waals surface area contributed by atoms with Crippen LogP contribution in [0.25, 0.3) is 120 Å². The van der Waals surface area contributed by atoms with Crippen molar-refractivity contribution in [3.05, 3.63) is 182 Å². The lowest BCUT2D eigenvalue weighted by molar-refractivity contribution is 0.670. The molecule has 0 unspecified atom stereocenters. The van der Waals surface area contributed by atoms with Gasteiger partial charge in [-0.15, -0.1) is 0 Å². The molecule has 12 aromatic rings. The van der Waals surface area contributed by atoms with E-state index in [-0.39, 0.29) is 0 Å². The molecule has 0 aliphatic rings. The summed E-state index contributed by atoms with van der Waals surface area (Å²) in [5.74, 6) is 0. The summed E-state index contributed by atoms with van der Waals surface area (Å²) in [5.41, 5.74) is 11.2. The van der Waals surface area contributed by atoms with E-state index in [0.717, 1.165) is 44.1 Å². The number of hydrogen-bond acceptors (Lipinski definition) is 1. The fourth-order valence-electron chi connectivity index (χ4n) is 9.23. The van der Waals surface area contributed by atoms with Crippen LogP contribution in [0.5, 0.6) is 0 Å². The summed E-state index contributed by atoms with van der Waals surface area (Å²) in [5, 5.41) is 14.8. The van der Waals surface area contributed by atoms with E-state index in [9.17, 15) is 0 Å². The molecule has 2 heteroatoms. The Bertz CT molecular complexity index is 3340. The number of hydrogen-bond donors (Lipinski definition) is 1. The number of para-hydroxylation sites is 2. The average molecular weight is 686 g/mol. The fourth-order valence-corrected chi connectivity index (χ4v) is 9.23. The van der Waals surface area contributed by atoms with Gasteiger partial charge in [-0.3, -0.25) is 0 Å². The first-order valence-corrected chi connectivity index (χ1v) is 18.6. The van der Waals surface area contributed by atoms with Crippen LogP contribution in [0, 0.1) is 0 Å². The number of H-pyrrole nitrogens is 1. The molecule has 250 valence electrons. The Morgan fingerprint density at radius 2 is 0.852 bits per heavy atom. The molecule has 0 amide bonds. The summed E-state index contributed by atoms with van der Waals surface area (Å²) in [6.07, 6.45) is 0. The van der Waals surface area contributed by atoms with E-state index in [1.54, 1.807) is 0 Å². The molecule has 0 radical (unpaired) electrons. The Kier molecular flexibility index (Phi) is 6.09. The van der Waals surface area contributed by atoms with E-state index in [2.05, 4.69) is 181 Å². The molecule has 0 saturated heterocycles. The van der Waals surface area contributed by atoms with Gasteiger partial charge in [0.05, 0.1) is 5.52 Å². The van der Waals surface area contributed by atoms with Gasteiger partial charge >= 0.3 is 0 Å². The summed E-state index contributed by atoms with van der Waals surface area (Å²) in [4.78, 5) is 3.76. The minimum absolute atomic E-state index is 0.902. The highest BCUT2D eigenvalue weighted by Gasteiger charge is 2.21. The first-order valence-electron chi connectivity index (χ1n) is 18.6. The van der Waals surface area contributed by atoms with Crippen LogP contribution < -0.4 is 0 Å². The van der Waals surface area contributed by atoms with Gasteiger partial charge in [0, 0.05) is 32.6 Å². The maximum atomic E-state index is 6.66. The Morgan fingerprint density at radius 3 is 1.56 bits per heavy atom. The highest BCUT2D eigenvalue weighted by molar-refractivity contribution is 6.26. The maximum Gasteiger partial charge on any atom is 0.145 e. The smallest absolute Gasteiger partial charge is 0.145 e. The van der Waals surface area contributed by atoms with Crippen LogP contribution in [0.4, 0.5) is 0 Å². The van der Waals surface area contributed by atoms with Gasteiger partial charge in [0.2, 0.25) is 0 Å². The van der Waals surface area contributed by atoms with Crippen molar-refractivity contribution in [2.45, 2.75) is 0 Å². The van der Waals surface area contributed by atoms with Crippen LogP contribution in [0.1, 0.15) is 0 Å². The summed E-state index contributed by atoms with van der Waals surface area (Å²) < 4.78 is 6.66. The molecule has 2 heterocycles. The van der Waals surface area contributed by atoms with Crippen molar-refractivity contribution in [1.82, 2.24) is 4.98 Å². The minimum atomic E-state index is 0.902. The van der Waals surface area contributed by atoms with Crippen LogP contribution in [0.2, 0.25) is 0 Å². The molecule has 0 aliphatic heterocycles. The Hall–Kier alpha value is -7.16. The third-order valence-corrected chi connectivity index (χ3v) is 11.6. The Balaban J connectivity index is 1.12. The highest BCUT2D eigenvalue weighted by atomic mass is 16.3. The monoisotopic (exact) mass is 685 g/mol. The number of benzene rings is 10. The molecule has 0 aliphatic carbocycles. The largest absolute Gasteiger partial charge is 0.455 e. The van der Waals surface area contributed by atoms with Crippen molar-refractivity contribution in [2.24, 2.45) is 0 Å². The first-order chi connectivity index (χ1) is 26.8. The van der Waals surface area contributed by atoms with Crippen molar-refractivity contribution in [3.63, 3.8) is 0 Å². The van der Waals surface area contributed by atoms with Gasteiger partial charge in [-0.2, -0.15) is 0 Å². The van der Waals surface area contributed by atoms with E-state index in [1.165, 1.54) is 76.1 Å². The van der Waals surface area contributed by atoms with Gasteiger partial charge in [0.15, 0.2) is 0 Å². The molecule has 0 fully saturated rings. The molecule has 0 saturated carbocycles. The van der Waals surface area contributed by atoms with Crippen LogP contribution in [0.3, 0.4) is 0 Å². The minimum Gasteiger partial charge on any atom is -0.455 e. The van der Waals surface area contributed by atoms with E-state index < -0.39 is 0 Å². The molecule has 12 rings (SSSR count). The molecule has 2 aromatic heterocycles. The summed E-state index contributed by atoms with van der Waals surface area (Å²) in [6, 6.07) is 66.3. The third-order valence-electron chi connectivity index (χ3n) is 11.6. The lowest BCUT2D eigenvalue weighted by atomic mass is 9.83. The van der Waals surface area contributed by atoms with Gasteiger partial charge in [-0.25, -0.2) is 0 Å². The maximum absolute atomic E-state index is 6.66. The number of furan rings is 1. The SMILES string of the molecule is c1ccc2c(c1)cc(-c1c3ccccc3c(-c3ccc(-c4c5[nH]c6ccccc6c5cc5c4oc4ccccc45)cc3)c3ccccc13)c1ccccc12. The van der Waals surface area contributed by atoms with Gasteiger partial charge in [-0.1, -0.05) is 158 Å². The van der Waals surface area contributed by atoms with Crippen LogP contribution in [-0.4, -0.2) is 4.98 Å². The standard InChI is InChI=1S/C52H31NO/c1-2-14-34-33(13-1)29-43(36-16-4-3-15-35(34)36)50-41-21-7-5-19-39(41)48(40-20-6-8-22-42(40)50)31-25-27-32(28-26-31)49-51-44(37-17-9-11-23-46(37)53-51)30-45-38-18-10-12-24-47(38)54-52(45)49/h1-30,53H. The van der Waals surface area contributed by atoms with E-state index >= 15 is 0 Å². The fraction of sp³-hybridized carbons (Fsp3) is 0. The van der Waals surface area contributed by atoms with Crippen LogP contribution in [0.15, 0.2) is 186 Å². The van der Waals surface area contributed by atoms with Crippen molar-refractivity contribution in [3.8, 4) is 33.4 Å². The average Bonchev–Trinajstić information content (AvgIpc) is 3.80. The molecule has 10 aromatic carbocycles. The van der Waals surface area contributed by atoms with Crippen LogP contribution >= 0.6 is 0 Å². The molecule has 54 heavy (non-hydrogen) atoms. The highest BCUT2D eigenvalue weighted by Crippen LogP contribution is 2.48. The quantitative estimate of drug-likeness (QED) is 0.146. The first kappa shape index (κ1) is 29.4. The second-order valence-electron chi connectivity index (χ2n) is 14.4. The molecular formula is C52H31NO. The number of aromatic nitrogens is 1. The second kappa shape index (κ2) is 11.2. The molecule has 0 bridgehead atoms. The number of fused-ring (bicyclic) bond motifs is 11. The van der Waals surface area contributed by atoms with E-state index in [1.807, 2.05) is 6.07 Å². The molecule has 0 spiro atoms. The number of nitrogens with one attached hydrogen (secondary N) is 1. The number of aromatic amines is 1. The lowest BCUT2D eigenvalue weighted by Crippen LogP contribution is -1.92. The van der Waals surface area contributed by atoms with Gasteiger partial charge in [0.1, 0.15) is 11.2 Å². The zero-order valence-electron chi connectivity index (χ0n) is 29.2. The van der Waals surface area contributed by atoms with Crippen molar-refractivity contribution >= 4 is 86.8 Å². The Labute approximate surface area is 310 Å².